The van der Waals surface area contributed by atoms with Crippen LogP contribution in [0.4, 0.5) is 0 Å². The molecular weight excluding hydrogens is 228 g/mol. The molecule has 0 heterocycles. The zero-order chi connectivity index (χ0) is 12.1. The summed E-state index contributed by atoms with van der Waals surface area (Å²) in [6.07, 6.45) is 0. The van der Waals surface area contributed by atoms with E-state index in [1.807, 2.05) is 26.0 Å². The highest BCUT2D eigenvalue weighted by atomic mass is 35.5. The third kappa shape index (κ3) is 3.40. The average molecular weight is 243 g/mol. The molecule has 1 aromatic carbocycles. The Morgan fingerprint density at radius 1 is 1.38 bits per heavy atom. The summed E-state index contributed by atoms with van der Waals surface area (Å²) in [7, 11) is 1.62. The van der Waals surface area contributed by atoms with Crippen molar-refractivity contribution in [2.75, 3.05) is 13.7 Å². The highest BCUT2D eigenvalue weighted by molar-refractivity contribution is 6.32. The van der Waals surface area contributed by atoms with E-state index in [4.69, 9.17) is 16.3 Å². The molecule has 4 nitrogen and oxygen atoms in total. The van der Waals surface area contributed by atoms with Gasteiger partial charge in [0.2, 0.25) is 0 Å². The van der Waals surface area contributed by atoms with E-state index in [0.29, 0.717) is 5.75 Å². The number of hydrogen-bond donors (Lipinski definition) is 2. The van der Waals surface area contributed by atoms with Crippen LogP contribution in [0.5, 0.6) is 5.75 Å². The predicted octanol–water partition coefficient (Wildman–Crippen LogP) is 1.59. The quantitative estimate of drug-likeness (QED) is 0.789. The number of benzene rings is 1. The lowest BCUT2D eigenvalue weighted by atomic mass is 10.1. The molecule has 0 spiro atoms. The first-order valence-electron chi connectivity index (χ1n) is 4.89. The predicted molar refractivity (Wildman–Crippen MR) is 63.6 cm³/mol. The second-order valence-electron chi connectivity index (χ2n) is 3.46. The lowest BCUT2D eigenvalue weighted by Crippen LogP contribution is -2.37. The van der Waals surface area contributed by atoms with Crippen molar-refractivity contribution in [3.8, 4) is 5.75 Å². The standard InChI is InChI=1S/C11H15ClN2O2/c1-7-4-9(5-8(2)11(7)12)16-6-10(15)14-13-3/h4-5,13H,6H2,1-3H3,(H,14,15). The molecule has 0 aromatic heterocycles. The molecule has 0 radical (unpaired) electrons. The molecule has 5 heteroatoms. The molecule has 0 saturated carbocycles. The van der Waals surface area contributed by atoms with Gasteiger partial charge in [-0.2, -0.15) is 0 Å². The molecule has 0 fully saturated rings. The number of nitrogens with one attached hydrogen (secondary N) is 2. The minimum atomic E-state index is -0.229. The van der Waals surface area contributed by atoms with Gasteiger partial charge >= 0.3 is 0 Å². The van der Waals surface area contributed by atoms with Crippen LogP contribution in [0.1, 0.15) is 11.1 Å². The van der Waals surface area contributed by atoms with Crippen LogP contribution in [-0.4, -0.2) is 19.6 Å². The molecular formula is C11H15ClN2O2. The third-order valence-corrected chi connectivity index (χ3v) is 2.64. The van der Waals surface area contributed by atoms with Crippen LogP contribution in [0.2, 0.25) is 5.02 Å². The molecule has 0 aliphatic carbocycles. The molecule has 0 saturated heterocycles. The zero-order valence-electron chi connectivity index (χ0n) is 9.56. The van der Waals surface area contributed by atoms with E-state index in [9.17, 15) is 4.79 Å². The fourth-order valence-electron chi connectivity index (χ4n) is 1.31. The SMILES string of the molecule is CNNC(=O)COc1cc(C)c(Cl)c(C)c1. The molecule has 0 unspecified atom stereocenters. The minimum Gasteiger partial charge on any atom is -0.484 e. The summed E-state index contributed by atoms with van der Waals surface area (Å²) in [4.78, 5) is 11.1. The number of carbonyl (C=O) groups excluding carboxylic acids is 1. The van der Waals surface area contributed by atoms with Crippen molar-refractivity contribution in [1.29, 1.82) is 0 Å². The van der Waals surface area contributed by atoms with Crippen molar-refractivity contribution in [3.05, 3.63) is 28.3 Å². The summed E-state index contributed by atoms with van der Waals surface area (Å²) in [5.41, 5.74) is 6.82. The number of hydrogen-bond acceptors (Lipinski definition) is 3. The number of rotatable bonds is 4. The monoisotopic (exact) mass is 242 g/mol. The van der Waals surface area contributed by atoms with Crippen molar-refractivity contribution in [1.82, 2.24) is 10.9 Å². The summed E-state index contributed by atoms with van der Waals surface area (Å²) in [5, 5.41) is 0.729. The number of aryl methyl sites for hydroxylation is 2. The summed E-state index contributed by atoms with van der Waals surface area (Å²) in [6, 6.07) is 3.62. The molecule has 2 N–H and O–H groups in total. The second-order valence-corrected chi connectivity index (χ2v) is 3.84. The number of ether oxygens (including phenoxy) is 1. The molecule has 0 atom stereocenters. The normalized spacial score (nSPS) is 10.0. The van der Waals surface area contributed by atoms with Crippen LogP contribution in [0.25, 0.3) is 0 Å². The van der Waals surface area contributed by atoms with Gasteiger partial charge in [-0.05, 0) is 37.1 Å². The van der Waals surface area contributed by atoms with Crippen LogP contribution >= 0.6 is 11.6 Å². The van der Waals surface area contributed by atoms with Gasteiger partial charge in [0.15, 0.2) is 6.61 Å². The van der Waals surface area contributed by atoms with Crippen molar-refractivity contribution in [3.63, 3.8) is 0 Å². The van der Waals surface area contributed by atoms with E-state index in [2.05, 4.69) is 10.9 Å². The van der Waals surface area contributed by atoms with Crippen LogP contribution in [-0.2, 0) is 4.79 Å². The van der Waals surface area contributed by atoms with Crippen LogP contribution in [0, 0.1) is 13.8 Å². The van der Waals surface area contributed by atoms with Gasteiger partial charge in [-0.3, -0.25) is 10.2 Å². The Labute approximate surface area is 99.9 Å². The van der Waals surface area contributed by atoms with Gasteiger partial charge in [0, 0.05) is 12.1 Å². The Balaban J connectivity index is 2.65. The van der Waals surface area contributed by atoms with Gasteiger partial charge in [0.25, 0.3) is 5.91 Å². The maximum absolute atomic E-state index is 11.1. The van der Waals surface area contributed by atoms with E-state index >= 15 is 0 Å². The van der Waals surface area contributed by atoms with Gasteiger partial charge < -0.3 is 4.74 Å². The van der Waals surface area contributed by atoms with Gasteiger partial charge in [0.1, 0.15) is 5.75 Å². The van der Waals surface area contributed by atoms with Crippen molar-refractivity contribution in [2.24, 2.45) is 0 Å². The second kappa shape index (κ2) is 5.72. The van der Waals surface area contributed by atoms with Gasteiger partial charge in [-0.25, -0.2) is 5.43 Å². The van der Waals surface area contributed by atoms with E-state index in [1.165, 1.54) is 0 Å². The average Bonchev–Trinajstić information content (AvgIpc) is 2.23. The van der Waals surface area contributed by atoms with Gasteiger partial charge in [-0.1, -0.05) is 11.6 Å². The summed E-state index contributed by atoms with van der Waals surface area (Å²) < 4.78 is 5.33. The fourth-order valence-corrected chi connectivity index (χ4v) is 1.42. The molecule has 1 aromatic rings. The molecule has 16 heavy (non-hydrogen) atoms. The zero-order valence-corrected chi connectivity index (χ0v) is 10.3. The molecule has 0 aliphatic rings. The fraction of sp³-hybridized carbons (Fsp3) is 0.364. The number of halogens is 1. The highest BCUT2D eigenvalue weighted by Gasteiger charge is 2.05. The van der Waals surface area contributed by atoms with Crippen LogP contribution < -0.4 is 15.6 Å². The first kappa shape index (κ1) is 12.8. The maximum Gasteiger partial charge on any atom is 0.271 e. The lowest BCUT2D eigenvalue weighted by Gasteiger charge is -2.09. The molecule has 88 valence electrons. The van der Waals surface area contributed by atoms with Crippen LogP contribution in [0.15, 0.2) is 12.1 Å². The van der Waals surface area contributed by atoms with Gasteiger partial charge in [0.05, 0.1) is 0 Å². The Kier molecular flexibility index (Phi) is 4.58. The summed E-state index contributed by atoms with van der Waals surface area (Å²) in [6.45, 7) is 3.77. The molecule has 0 bridgehead atoms. The van der Waals surface area contributed by atoms with Crippen LogP contribution in [0.3, 0.4) is 0 Å². The molecule has 1 rings (SSSR count). The largest absolute Gasteiger partial charge is 0.484 e. The van der Waals surface area contributed by atoms with E-state index in [0.717, 1.165) is 16.1 Å². The summed E-state index contributed by atoms with van der Waals surface area (Å²) >= 11 is 6.02. The smallest absolute Gasteiger partial charge is 0.271 e. The highest BCUT2D eigenvalue weighted by Crippen LogP contribution is 2.25. The Hall–Kier alpha value is -1.26. The van der Waals surface area contributed by atoms with E-state index in [-0.39, 0.29) is 12.5 Å². The first-order valence-corrected chi connectivity index (χ1v) is 5.27. The number of carbonyl (C=O) groups is 1. The van der Waals surface area contributed by atoms with Crippen molar-refractivity contribution >= 4 is 17.5 Å². The minimum absolute atomic E-state index is 0.0264. The Morgan fingerprint density at radius 2 is 1.94 bits per heavy atom. The van der Waals surface area contributed by atoms with Crippen molar-refractivity contribution < 1.29 is 9.53 Å². The van der Waals surface area contributed by atoms with Crippen molar-refractivity contribution in [2.45, 2.75) is 13.8 Å². The number of hydrazine groups is 1. The van der Waals surface area contributed by atoms with Gasteiger partial charge in [-0.15, -0.1) is 0 Å². The molecule has 1 amide bonds. The maximum atomic E-state index is 11.1. The lowest BCUT2D eigenvalue weighted by molar-refractivity contribution is -0.123. The van der Waals surface area contributed by atoms with E-state index < -0.39 is 0 Å². The third-order valence-electron chi connectivity index (χ3n) is 2.04. The van der Waals surface area contributed by atoms with E-state index in [1.54, 1.807) is 7.05 Å². The Bertz CT molecular complexity index is 371. The summed E-state index contributed by atoms with van der Waals surface area (Å²) in [5.74, 6) is 0.415. The number of amides is 1. The topological polar surface area (TPSA) is 50.4 Å². The molecule has 0 aliphatic heterocycles. The first-order chi connectivity index (χ1) is 7.54. The Morgan fingerprint density at radius 3 is 2.44 bits per heavy atom.